The smallest absolute Gasteiger partial charge is 0.241 e. The molecule has 0 atom stereocenters. The number of aryl methyl sites for hydroxylation is 2. The molecule has 1 amide bonds. The lowest BCUT2D eigenvalue weighted by Gasteiger charge is -2.15. The van der Waals surface area contributed by atoms with Crippen LogP contribution in [0.15, 0.2) is 45.3 Å². The van der Waals surface area contributed by atoms with Gasteiger partial charge in [-0.15, -0.1) is 11.3 Å². The van der Waals surface area contributed by atoms with E-state index in [-0.39, 0.29) is 5.91 Å². The molecule has 2 heterocycles. The van der Waals surface area contributed by atoms with Crippen LogP contribution in [-0.2, 0) is 24.2 Å². The highest BCUT2D eigenvalue weighted by molar-refractivity contribution is 9.11. The molecule has 1 aromatic carbocycles. The van der Waals surface area contributed by atoms with Crippen LogP contribution < -0.4 is 5.43 Å². The number of amides is 1. The Kier molecular flexibility index (Phi) is 5.45. The van der Waals surface area contributed by atoms with E-state index in [0.29, 0.717) is 13.0 Å². The molecule has 27 heavy (non-hydrogen) atoms. The average Bonchev–Trinajstić information content (AvgIpc) is 3.26. The molecule has 0 bridgehead atoms. The van der Waals surface area contributed by atoms with Gasteiger partial charge in [0.25, 0.3) is 0 Å². The normalized spacial score (nSPS) is 14.4. The number of nitrogens with zero attached hydrogens (tertiary/aromatic N) is 2. The number of carbonyl (C=O) groups is 1. The molecule has 0 saturated carbocycles. The standard InChI is InChI=1S/C21H22BrN3OS/c1-14(19-10-11-20(22)27-19)23-24-21(26)12-13-25-17-8-4-2-6-15(17)16-7-3-5-9-18(16)25/h2,4,6,8,10-11H,3,5,7,9,12-13H2,1H3,(H,24,26). The second kappa shape index (κ2) is 7.98. The Bertz CT molecular complexity index is 1020. The number of fused-ring (bicyclic) bond motifs is 3. The van der Waals surface area contributed by atoms with Crippen molar-refractivity contribution in [3.05, 3.63) is 56.3 Å². The van der Waals surface area contributed by atoms with E-state index in [1.807, 2.05) is 19.1 Å². The third-order valence-electron chi connectivity index (χ3n) is 5.13. The van der Waals surface area contributed by atoms with Crippen molar-refractivity contribution in [2.24, 2.45) is 5.10 Å². The molecule has 1 aliphatic carbocycles. The number of hydrogen-bond acceptors (Lipinski definition) is 3. The van der Waals surface area contributed by atoms with Crippen LogP contribution in [0.2, 0.25) is 0 Å². The number of rotatable bonds is 5. The first kappa shape index (κ1) is 18.4. The van der Waals surface area contributed by atoms with E-state index in [9.17, 15) is 4.79 Å². The monoisotopic (exact) mass is 443 g/mol. The highest BCUT2D eigenvalue weighted by Gasteiger charge is 2.19. The van der Waals surface area contributed by atoms with Crippen LogP contribution >= 0.6 is 27.3 Å². The number of carbonyl (C=O) groups excluding carboxylic acids is 1. The number of aromatic nitrogens is 1. The maximum atomic E-state index is 12.3. The molecule has 0 radical (unpaired) electrons. The van der Waals surface area contributed by atoms with Gasteiger partial charge in [0, 0.05) is 29.6 Å². The predicted octanol–water partition coefficient (Wildman–Crippen LogP) is 5.27. The Morgan fingerprint density at radius 2 is 2.04 bits per heavy atom. The summed E-state index contributed by atoms with van der Waals surface area (Å²) in [4.78, 5) is 13.4. The molecule has 3 aromatic rings. The summed E-state index contributed by atoms with van der Waals surface area (Å²) in [5.41, 5.74) is 7.68. The summed E-state index contributed by atoms with van der Waals surface area (Å²) < 4.78 is 3.40. The largest absolute Gasteiger partial charge is 0.344 e. The first-order valence-corrected chi connectivity index (χ1v) is 10.9. The fraction of sp³-hybridized carbons (Fsp3) is 0.333. The van der Waals surface area contributed by atoms with E-state index in [1.54, 1.807) is 11.3 Å². The van der Waals surface area contributed by atoms with E-state index in [0.717, 1.165) is 27.2 Å². The number of thiophene rings is 1. The van der Waals surface area contributed by atoms with Crippen LogP contribution in [0.25, 0.3) is 10.9 Å². The van der Waals surface area contributed by atoms with Gasteiger partial charge in [-0.05, 0) is 72.3 Å². The van der Waals surface area contributed by atoms with E-state index < -0.39 is 0 Å². The zero-order valence-corrected chi connectivity index (χ0v) is 17.7. The lowest BCUT2D eigenvalue weighted by molar-refractivity contribution is -0.121. The molecular formula is C21H22BrN3OS. The highest BCUT2D eigenvalue weighted by Crippen LogP contribution is 2.32. The van der Waals surface area contributed by atoms with Crippen LogP contribution in [-0.4, -0.2) is 16.2 Å². The molecule has 1 N–H and O–H groups in total. The molecule has 0 fully saturated rings. The SMILES string of the molecule is CC(=NNC(=O)CCn1c2c(c3ccccc31)CCCC2)c1ccc(Br)s1. The quantitative estimate of drug-likeness (QED) is 0.423. The first-order valence-electron chi connectivity index (χ1n) is 9.31. The maximum absolute atomic E-state index is 12.3. The predicted molar refractivity (Wildman–Crippen MR) is 116 cm³/mol. The van der Waals surface area contributed by atoms with Gasteiger partial charge in [0.1, 0.15) is 0 Å². The average molecular weight is 444 g/mol. The van der Waals surface area contributed by atoms with Gasteiger partial charge in [-0.1, -0.05) is 18.2 Å². The molecule has 0 unspecified atom stereocenters. The van der Waals surface area contributed by atoms with Crippen molar-refractivity contribution in [1.29, 1.82) is 0 Å². The number of hydrazone groups is 1. The summed E-state index contributed by atoms with van der Waals surface area (Å²) in [6, 6.07) is 12.6. The number of benzene rings is 1. The molecule has 2 aromatic heterocycles. The van der Waals surface area contributed by atoms with Gasteiger partial charge in [0.2, 0.25) is 5.91 Å². The fourth-order valence-electron chi connectivity index (χ4n) is 3.82. The minimum Gasteiger partial charge on any atom is -0.344 e. The maximum Gasteiger partial charge on any atom is 0.241 e. The first-order chi connectivity index (χ1) is 13.1. The Labute approximate surface area is 171 Å². The fourth-order valence-corrected chi connectivity index (χ4v) is 5.15. The molecule has 4 rings (SSSR count). The summed E-state index contributed by atoms with van der Waals surface area (Å²) in [6.45, 7) is 2.61. The summed E-state index contributed by atoms with van der Waals surface area (Å²) >= 11 is 5.06. The second-order valence-electron chi connectivity index (χ2n) is 6.89. The number of hydrogen-bond donors (Lipinski definition) is 1. The Hall–Kier alpha value is -1.92. The molecule has 140 valence electrons. The molecular weight excluding hydrogens is 422 g/mol. The molecule has 0 aliphatic heterocycles. The van der Waals surface area contributed by atoms with Crippen LogP contribution in [0.3, 0.4) is 0 Å². The lowest BCUT2D eigenvalue weighted by Crippen LogP contribution is -2.21. The summed E-state index contributed by atoms with van der Waals surface area (Å²) in [5, 5.41) is 5.61. The Morgan fingerprint density at radius 1 is 1.22 bits per heavy atom. The minimum absolute atomic E-state index is 0.0488. The number of nitrogens with one attached hydrogen (secondary N) is 1. The van der Waals surface area contributed by atoms with E-state index >= 15 is 0 Å². The zero-order valence-electron chi connectivity index (χ0n) is 15.3. The van der Waals surface area contributed by atoms with Crippen LogP contribution in [0.5, 0.6) is 0 Å². The Morgan fingerprint density at radius 3 is 2.85 bits per heavy atom. The van der Waals surface area contributed by atoms with Gasteiger partial charge >= 0.3 is 0 Å². The van der Waals surface area contributed by atoms with Crippen molar-refractivity contribution >= 4 is 49.8 Å². The van der Waals surface area contributed by atoms with Crippen molar-refractivity contribution < 1.29 is 4.79 Å². The van der Waals surface area contributed by atoms with Crippen LogP contribution in [0, 0.1) is 0 Å². The second-order valence-corrected chi connectivity index (χ2v) is 9.35. The third kappa shape index (κ3) is 3.87. The molecule has 1 aliphatic rings. The van der Waals surface area contributed by atoms with Gasteiger partial charge in [0.15, 0.2) is 0 Å². The van der Waals surface area contributed by atoms with Crippen molar-refractivity contribution in [2.45, 2.75) is 45.6 Å². The Balaban J connectivity index is 1.46. The molecule has 4 nitrogen and oxygen atoms in total. The van der Waals surface area contributed by atoms with Gasteiger partial charge < -0.3 is 4.57 Å². The molecule has 0 spiro atoms. The van der Waals surface area contributed by atoms with Gasteiger partial charge in [-0.25, -0.2) is 5.43 Å². The third-order valence-corrected chi connectivity index (χ3v) is 6.86. The van der Waals surface area contributed by atoms with Crippen LogP contribution in [0.4, 0.5) is 0 Å². The molecule has 0 saturated heterocycles. The van der Waals surface area contributed by atoms with Crippen molar-refractivity contribution in [3.8, 4) is 0 Å². The summed E-state index contributed by atoms with van der Waals surface area (Å²) in [7, 11) is 0. The summed E-state index contributed by atoms with van der Waals surface area (Å²) in [5.74, 6) is -0.0488. The van der Waals surface area contributed by atoms with Crippen molar-refractivity contribution in [1.82, 2.24) is 9.99 Å². The van der Waals surface area contributed by atoms with E-state index in [4.69, 9.17) is 0 Å². The van der Waals surface area contributed by atoms with Gasteiger partial charge in [-0.3, -0.25) is 4.79 Å². The topological polar surface area (TPSA) is 46.4 Å². The van der Waals surface area contributed by atoms with E-state index in [2.05, 4.69) is 55.3 Å². The van der Waals surface area contributed by atoms with Gasteiger partial charge in [0.05, 0.1) is 14.4 Å². The highest BCUT2D eigenvalue weighted by atomic mass is 79.9. The van der Waals surface area contributed by atoms with Crippen molar-refractivity contribution in [3.63, 3.8) is 0 Å². The van der Waals surface area contributed by atoms with Crippen LogP contribution in [0.1, 0.15) is 42.3 Å². The number of para-hydroxylation sites is 1. The van der Waals surface area contributed by atoms with Gasteiger partial charge in [-0.2, -0.15) is 5.10 Å². The summed E-state index contributed by atoms with van der Waals surface area (Å²) in [6.07, 6.45) is 5.17. The lowest BCUT2D eigenvalue weighted by atomic mass is 9.95. The van der Waals surface area contributed by atoms with E-state index in [1.165, 1.54) is 35.0 Å². The minimum atomic E-state index is -0.0488. The number of halogens is 1. The molecule has 6 heteroatoms. The zero-order chi connectivity index (χ0) is 18.8. The van der Waals surface area contributed by atoms with Crippen molar-refractivity contribution in [2.75, 3.05) is 0 Å².